The van der Waals surface area contributed by atoms with Gasteiger partial charge in [-0.15, -0.1) is 0 Å². The molecule has 1 fully saturated rings. The van der Waals surface area contributed by atoms with Crippen LogP contribution in [0, 0.1) is 28.9 Å². The van der Waals surface area contributed by atoms with Crippen LogP contribution < -0.4 is 16.2 Å². The van der Waals surface area contributed by atoms with Crippen molar-refractivity contribution in [2.45, 2.75) is 38.3 Å². The lowest BCUT2D eigenvalue weighted by Crippen LogP contribution is -2.52. The Labute approximate surface area is 153 Å². The van der Waals surface area contributed by atoms with Gasteiger partial charge in [0.1, 0.15) is 11.2 Å². The summed E-state index contributed by atoms with van der Waals surface area (Å²) in [5.41, 5.74) is -1.06. The van der Waals surface area contributed by atoms with Crippen LogP contribution in [0.5, 0.6) is 0 Å². The number of halogens is 2. The average molecular weight is 375 g/mol. The van der Waals surface area contributed by atoms with Crippen LogP contribution in [-0.2, 0) is 11.2 Å². The first-order chi connectivity index (χ1) is 12.9. The van der Waals surface area contributed by atoms with Crippen molar-refractivity contribution in [1.29, 1.82) is 5.26 Å². The second-order valence-electron chi connectivity index (χ2n) is 6.72. The Morgan fingerprint density at radius 2 is 2.22 bits per heavy atom. The second-order valence-corrected chi connectivity index (χ2v) is 6.72. The highest BCUT2D eigenvalue weighted by atomic mass is 19.2. The molecule has 3 atom stereocenters. The number of carbonyl (C=O) groups is 1. The van der Waals surface area contributed by atoms with Crippen molar-refractivity contribution in [3.63, 3.8) is 0 Å². The van der Waals surface area contributed by atoms with E-state index >= 15 is 0 Å². The van der Waals surface area contributed by atoms with Gasteiger partial charge >= 0.3 is 0 Å². The van der Waals surface area contributed by atoms with Gasteiger partial charge in [-0.2, -0.15) is 5.26 Å². The summed E-state index contributed by atoms with van der Waals surface area (Å²) >= 11 is 0. The number of nitrogens with one attached hydrogen (secondary N) is 3. The van der Waals surface area contributed by atoms with Crippen LogP contribution in [0.1, 0.15) is 25.5 Å². The van der Waals surface area contributed by atoms with E-state index in [2.05, 4.69) is 26.7 Å². The summed E-state index contributed by atoms with van der Waals surface area (Å²) in [5.74, 6) is -2.72. The second kappa shape index (κ2) is 7.80. The van der Waals surface area contributed by atoms with E-state index in [1.165, 1.54) is 6.07 Å². The van der Waals surface area contributed by atoms with E-state index in [-0.39, 0.29) is 41.1 Å². The third kappa shape index (κ3) is 4.11. The topological polar surface area (TPSA) is 111 Å². The fraction of sp³-hybridized carbons (Fsp3) is 0.444. The molecule has 3 N–H and O–H groups in total. The molecule has 1 aliphatic heterocycles. The molecule has 1 aliphatic rings. The Balaban J connectivity index is 1.69. The maximum Gasteiger partial charge on any atom is 0.270 e. The Morgan fingerprint density at radius 3 is 2.89 bits per heavy atom. The lowest BCUT2D eigenvalue weighted by atomic mass is 9.92. The molecule has 142 valence electrons. The molecule has 0 spiro atoms. The van der Waals surface area contributed by atoms with E-state index in [0.717, 1.165) is 18.9 Å². The van der Waals surface area contributed by atoms with Gasteiger partial charge in [-0.25, -0.2) is 13.8 Å². The Morgan fingerprint density at radius 1 is 1.44 bits per heavy atom. The first kappa shape index (κ1) is 18.9. The molecule has 1 aromatic carbocycles. The number of hydrogen-bond acceptors (Lipinski definition) is 5. The number of benzene rings is 1. The minimum Gasteiger partial charge on any atom is -0.352 e. The van der Waals surface area contributed by atoms with Crippen LogP contribution in [0.2, 0.25) is 0 Å². The molecular weight excluding hydrogens is 356 g/mol. The molecular formula is C18H19F2N5O2. The van der Waals surface area contributed by atoms with Crippen molar-refractivity contribution in [3.8, 4) is 6.07 Å². The van der Waals surface area contributed by atoms with Gasteiger partial charge in [-0.1, -0.05) is 0 Å². The lowest BCUT2D eigenvalue weighted by Gasteiger charge is -2.31. The summed E-state index contributed by atoms with van der Waals surface area (Å²) in [6.07, 6.45) is 1.16. The van der Waals surface area contributed by atoms with Gasteiger partial charge in [0.05, 0.1) is 23.9 Å². The molecule has 1 saturated heterocycles. The van der Waals surface area contributed by atoms with Crippen molar-refractivity contribution >= 4 is 16.9 Å². The monoisotopic (exact) mass is 375 g/mol. The van der Waals surface area contributed by atoms with Crippen molar-refractivity contribution in [2.24, 2.45) is 5.92 Å². The van der Waals surface area contributed by atoms with Crippen molar-refractivity contribution in [2.75, 3.05) is 6.54 Å². The number of piperidine rings is 1. The fourth-order valence-corrected chi connectivity index (χ4v) is 3.22. The van der Waals surface area contributed by atoms with Crippen molar-refractivity contribution in [3.05, 3.63) is 39.8 Å². The number of aromatic amines is 1. The summed E-state index contributed by atoms with van der Waals surface area (Å²) in [5, 5.41) is 14.9. The maximum atomic E-state index is 13.9. The quantitative estimate of drug-likeness (QED) is 0.742. The third-order valence-electron chi connectivity index (χ3n) is 4.78. The zero-order valence-electron chi connectivity index (χ0n) is 14.7. The number of fused-ring (bicyclic) bond motifs is 1. The minimum atomic E-state index is -1.17. The number of carbonyl (C=O) groups excluding carboxylic acids is 1. The first-order valence-corrected chi connectivity index (χ1v) is 8.68. The Bertz CT molecular complexity index is 961. The average Bonchev–Trinajstić information content (AvgIpc) is 2.66. The summed E-state index contributed by atoms with van der Waals surface area (Å²) in [6, 6.07) is 4.14. The molecule has 1 aromatic heterocycles. The maximum absolute atomic E-state index is 13.9. The molecule has 0 radical (unpaired) electrons. The largest absolute Gasteiger partial charge is 0.352 e. The Hall–Kier alpha value is -2.86. The molecule has 27 heavy (non-hydrogen) atoms. The zero-order chi connectivity index (χ0) is 19.6. The van der Waals surface area contributed by atoms with Gasteiger partial charge in [0.2, 0.25) is 5.91 Å². The number of H-pyrrole nitrogens is 1. The standard InChI is InChI=1S/C18H19F2N5O2/c1-9(12-4-2-10(7-21)8-22-12)23-15(26)6-14-18(27)25-13-5-3-11(19)16(20)17(13)24-14/h3,5,9-10,12,22H,2,4,6,8H2,1H3,(H,23,26)(H,25,27)/t9-,10?,12?/m1/s1. The minimum absolute atomic E-state index is 0.0212. The molecule has 9 heteroatoms. The van der Waals surface area contributed by atoms with E-state index in [9.17, 15) is 18.4 Å². The predicted molar refractivity (Wildman–Crippen MR) is 93.7 cm³/mol. The summed E-state index contributed by atoms with van der Waals surface area (Å²) in [6.45, 7) is 2.40. The normalized spacial score (nSPS) is 20.8. The van der Waals surface area contributed by atoms with E-state index in [1.54, 1.807) is 0 Å². The zero-order valence-corrected chi connectivity index (χ0v) is 14.7. The number of amides is 1. The molecule has 3 rings (SSSR count). The molecule has 2 aromatic rings. The highest BCUT2D eigenvalue weighted by Crippen LogP contribution is 2.17. The van der Waals surface area contributed by atoms with Crippen LogP contribution in [0.3, 0.4) is 0 Å². The number of nitrogens with zero attached hydrogens (tertiary/aromatic N) is 2. The Kier molecular flexibility index (Phi) is 5.46. The van der Waals surface area contributed by atoms with E-state index in [1.807, 2.05) is 6.92 Å². The van der Waals surface area contributed by atoms with Crippen LogP contribution in [-0.4, -0.2) is 34.5 Å². The summed E-state index contributed by atoms with van der Waals surface area (Å²) < 4.78 is 27.2. The van der Waals surface area contributed by atoms with Crippen LogP contribution in [0.25, 0.3) is 11.0 Å². The fourth-order valence-electron chi connectivity index (χ4n) is 3.22. The SMILES string of the molecule is C[C@@H](NC(=O)Cc1nc2c(F)c(F)ccc2[nH]c1=O)C1CCC(C#N)CN1. The molecule has 7 nitrogen and oxygen atoms in total. The van der Waals surface area contributed by atoms with Gasteiger partial charge < -0.3 is 15.6 Å². The number of aromatic nitrogens is 2. The molecule has 0 bridgehead atoms. The van der Waals surface area contributed by atoms with Crippen LogP contribution in [0.4, 0.5) is 8.78 Å². The number of nitriles is 1. The molecule has 1 amide bonds. The van der Waals surface area contributed by atoms with Gasteiger partial charge in [0.15, 0.2) is 11.6 Å². The van der Waals surface area contributed by atoms with E-state index in [0.29, 0.717) is 6.54 Å². The summed E-state index contributed by atoms with van der Waals surface area (Å²) in [7, 11) is 0. The predicted octanol–water partition coefficient (Wildman–Crippen LogP) is 1.14. The van der Waals surface area contributed by atoms with E-state index < -0.39 is 23.1 Å². The number of hydrogen-bond donors (Lipinski definition) is 3. The highest BCUT2D eigenvalue weighted by molar-refractivity contribution is 5.80. The third-order valence-corrected chi connectivity index (χ3v) is 4.78. The van der Waals surface area contributed by atoms with Gasteiger partial charge in [-0.05, 0) is 31.9 Å². The van der Waals surface area contributed by atoms with Gasteiger partial charge in [0, 0.05) is 18.6 Å². The molecule has 2 heterocycles. The van der Waals surface area contributed by atoms with Gasteiger partial charge in [-0.3, -0.25) is 9.59 Å². The lowest BCUT2D eigenvalue weighted by molar-refractivity contribution is -0.121. The van der Waals surface area contributed by atoms with Crippen LogP contribution >= 0.6 is 0 Å². The smallest absolute Gasteiger partial charge is 0.270 e. The van der Waals surface area contributed by atoms with Gasteiger partial charge in [0.25, 0.3) is 5.56 Å². The van der Waals surface area contributed by atoms with E-state index in [4.69, 9.17) is 5.26 Å². The van der Waals surface area contributed by atoms with Crippen LogP contribution in [0.15, 0.2) is 16.9 Å². The molecule has 0 aliphatic carbocycles. The first-order valence-electron chi connectivity index (χ1n) is 8.68. The molecule has 2 unspecified atom stereocenters. The summed E-state index contributed by atoms with van der Waals surface area (Å²) in [4.78, 5) is 30.6. The van der Waals surface area contributed by atoms with Crippen molar-refractivity contribution < 1.29 is 13.6 Å². The molecule has 0 saturated carbocycles. The van der Waals surface area contributed by atoms with Crippen molar-refractivity contribution in [1.82, 2.24) is 20.6 Å². The highest BCUT2D eigenvalue weighted by Gasteiger charge is 2.25. The number of rotatable bonds is 4.